The van der Waals surface area contributed by atoms with E-state index in [1.165, 1.54) is 4.90 Å². The number of amides is 2. The zero-order valence-corrected chi connectivity index (χ0v) is 10.7. The predicted octanol–water partition coefficient (Wildman–Crippen LogP) is 0.562. The maximum Gasteiger partial charge on any atom is 0.334 e. The Balaban J connectivity index is 2.71. The molecular formula is C13H15N3O4. The van der Waals surface area contributed by atoms with Gasteiger partial charge in [0.2, 0.25) is 0 Å². The smallest absolute Gasteiger partial charge is 0.334 e. The van der Waals surface area contributed by atoms with E-state index < -0.39 is 24.6 Å². The summed E-state index contributed by atoms with van der Waals surface area (Å²) < 4.78 is 0. The summed E-state index contributed by atoms with van der Waals surface area (Å²) in [6.45, 7) is -0.223. The molecule has 0 unspecified atom stereocenters. The first-order valence-electron chi connectivity index (χ1n) is 5.94. The number of hydrogen-bond acceptors (Lipinski definition) is 4. The van der Waals surface area contributed by atoms with Gasteiger partial charge in [-0.25, -0.2) is 9.59 Å². The Kier molecular flexibility index (Phi) is 6.00. The van der Waals surface area contributed by atoms with E-state index in [0.29, 0.717) is 5.69 Å². The lowest BCUT2D eigenvalue weighted by atomic mass is 10.3. The standard InChI is InChI=1S/C13H15N3O4/c14-7-4-8-16(10-5-2-1-3-6-10)13(20)15-9-11(17)12(18)19/h1-3,5-6,11,17H,4,8-9H2,(H,15,20)(H,18,19)/t11-/m0/s1. The Labute approximate surface area is 116 Å². The number of carboxylic acids is 1. The van der Waals surface area contributed by atoms with Crippen molar-refractivity contribution < 1.29 is 19.8 Å². The number of urea groups is 1. The molecule has 1 aromatic carbocycles. The van der Waals surface area contributed by atoms with Crippen LogP contribution in [0.4, 0.5) is 10.5 Å². The molecule has 20 heavy (non-hydrogen) atoms. The van der Waals surface area contributed by atoms with Gasteiger partial charge in [0.1, 0.15) is 0 Å². The fourth-order valence-corrected chi connectivity index (χ4v) is 1.48. The number of para-hydroxylation sites is 1. The van der Waals surface area contributed by atoms with Gasteiger partial charge in [-0.1, -0.05) is 18.2 Å². The summed E-state index contributed by atoms with van der Waals surface area (Å²) in [7, 11) is 0. The minimum atomic E-state index is -1.66. The van der Waals surface area contributed by atoms with Crippen LogP contribution in [0.25, 0.3) is 0 Å². The van der Waals surface area contributed by atoms with E-state index in [2.05, 4.69) is 5.32 Å². The lowest BCUT2D eigenvalue weighted by molar-refractivity contribution is -0.146. The quantitative estimate of drug-likeness (QED) is 0.703. The van der Waals surface area contributed by atoms with Crippen LogP contribution in [0.3, 0.4) is 0 Å². The number of nitrogens with zero attached hydrogens (tertiary/aromatic N) is 2. The van der Waals surface area contributed by atoms with Crippen molar-refractivity contribution in [2.24, 2.45) is 0 Å². The Bertz CT molecular complexity index is 498. The summed E-state index contributed by atoms with van der Waals surface area (Å²) in [6, 6.07) is 10.1. The number of nitrogens with one attached hydrogen (secondary N) is 1. The van der Waals surface area contributed by atoms with E-state index in [1.54, 1.807) is 30.3 Å². The number of aliphatic carboxylic acids is 1. The van der Waals surface area contributed by atoms with Crippen molar-refractivity contribution in [3.05, 3.63) is 30.3 Å². The molecule has 1 rings (SSSR count). The number of benzene rings is 1. The molecule has 0 aromatic heterocycles. The van der Waals surface area contributed by atoms with E-state index >= 15 is 0 Å². The van der Waals surface area contributed by atoms with Crippen LogP contribution >= 0.6 is 0 Å². The van der Waals surface area contributed by atoms with Crippen molar-refractivity contribution in [3.63, 3.8) is 0 Å². The lowest BCUT2D eigenvalue weighted by Gasteiger charge is -2.22. The second-order valence-corrected chi connectivity index (χ2v) is 3.94. The molecule has 0 bridgehead atoms. The van der Waals surface area contributed by atoms with Gasteiger partial charge in [0.25, 0.3) is 0 Å². The Morgan fingerprint density at radius 2 is 2.00 bits per heavy atom. The van der Waals surface area contributed by atoms with Crippen molar-refractivity contribution in [1.29, 1.82) is 5.26 Å². The molecule has 7 nitrogen and oxygen atoms in total. The molecule has 1 atom stereocenters. The third-order valence-electron chi connectivity index (χ3n) is 2.49. The Morgan fingerprint density at radius 1 is 1.35 bits per heavy atom. The number of rotatable bonds is 6. The molecule has 3 N–H and O–H groups in total. The molecule has 106 valence electrons. The van der Waals surface area contributed by atoms with E-state index in [4.69, 9.17) is 15.5 Å². The molecular weight excluding hydrogens is 262 g/mol. The molecule has 0 radical (unpaired) electrons. The number of aliphatic hydroxyl groups excluding tert-OH is 1. The molecule has 0 heterocycles. The van der Waals surface area contributed by atoms with Gasteiger partial charge >= 0.3 is 12.0 Å². The van der Waals surface area contributed by atoms with Gasteiger partial charge < -0.3 is 15.5 Å². The lowest BCUT2D eigenvalue weighted by Crippen LogP contribution is -2.45. The predicted molar refractivity (Wildman–Crippen MR) is 71.1 cm³/mol. The first-order valence-corrected chi connectivity index (χ1v) is 5.94. The average molecular weight is 277 g/mol. The number of carbonyl (C=O) groups excluding carboxylic acids is 1. The number of nitriles is 1. The molecule has 1 aromatic rings. The first kappa shape index (κ1) is 15.5. The molecule has 0 fully saturated rings. The molecule has 0 aliphatic carbocycles. The highest BCUT2D eigenvalue weighted by Crippen LogP contribution is 2.13. The number of carbonyl (C=O) groups is 2. The van der Waals surface area contributed by atoms with Gasteiger partial charge in [0.05, 0.1) is 19.0 Å². The molecule has 2 amide bonds. The topological polar surface area (TPSA) is 114 Å². The zero-order chi connectivity index (χ0) is 15.0. The molecule has 0 saturated carbocycles. The van der Waals surface area contributed by atoms with Crippen LogP contribution in [0, 0.1) is 11.3 Å². The number of aliphatic hydroxyl groups is 1. The summed E-state index contributed by atoms with van der Waals surface area (Å²) >= 11 is 0. The van der Waals surface area contributed by atoms with Gasteiger partial charge in [-0.05, 0) is 12.1 Å². The highest BCUT2D eigenvalue weighted by molar-refractivity contribution is 5.92. The number of hydrogen-bond donors (Lipinski definition) is 3. The second kappa shape index (κ2) is 7.76. The van der Waals surface area contributed by atoms with Crippen LogP contribution in [0.15, 0.2) is 30.3 Å². The summed E-state index contributed by atoms with van der Waals surface area (Å²) in [5, 5.41) is 28.6. The van der Waals surface area contributed by atoms with Crippen LogP contribution in [-0.4, -0.2) is 41.4 Å². The summed E-state index contributed by atoms with van der Waals surface area (Å²) in [5.41, 5.74) is 0.588. The second-order valence-electron chi connectivity index (χ2n) is 3.94. The zero-order valence-electron chi connectivity index (χ0n) is 10.7. The van der Waals surface area contributed by atoms with Crippen LogP contribution in [-0.2, 0) is 4.79 Å². The first-order chi connectivity index (χ1) is 9.56. The van der Waals surface area contributed by atoms with Crippen molar-refractivity contribution in [2.75, 3.05) is 18.0 Å². The van der Waals surface area contributed by atoms with Gasteiger partial charge in [0.15, 0.2) is 6.10 Å². The third kappa shape index (κ3) is 4.59. The van der Waals surface area contributed by atoms with E-state index in [9.17, 15) is 9.59 Å². The molecule has 0 aliphatic heterocycles. The minimum absolute atomic E-state index is 0.143. The average Bonchev–Trinajstić information content (AvgIpc) is 2.46. The van der Waals surface area contributed by atoms with E-state index in [0.717, 1.165) is 0 Å². The number of anilines is 1. The van der Waals surface area contributed by atoms with Crippen LogP contribution in [0.1, 0.15) is 6.42 Å². The van der Waals surface area contributed by atoms with Crippen LogP contribution in [0.5, 0.6) is 0 Å². The van der Waals surface area contributed by atoms with Crippen molar-refractivity contribution in [2.45, 2.75) is 12.5 Å². The van der Waals surface area contributed by atoms with Crippen molar-refractivity contribution >= 4 is 17.7 Å². The largest absolute Gasteiger partial charge is 0.479 e. The van der Waals surface area contributed by atoms with Crippen molar-refractivity contribution in [1.82, 2.24) is 5.32 Å². The molecule has 7 heteroatoms. The fourth-order valence-electron chi connectivity index (χ4n) is 1.48. The maximum absolute atomic E-state index is 12.0. The third-order valence-corrected chi connectivity index (χ3v) is 2.49. The highest BCUT2D eigenvalue weighted by atomic mass is 16.4. The summed E-state index contributed by atoms with van der Waals surface area (Å²) in [5.74, 6) is -1.41. The Hall–Kier alpha value is -2.59. The SMILES string of the molecule is N#CCCN(C(=O)NC[C@H](O)C(=O)O)c1ccccc1. The van der Waals surface area contributed by atoms with Gasteiger partial charge in [0, 0.05) is 12.2 Å². The Morgan fingerprint density at radius 3 is 2.55 bits per heavy atom. The van der Waals surface area contributed by atoms with Crippen LogP contribution in [0.2, 0.25) is 0 Å². The van der Waals surface area contributed by atoms with Gasteiger partial charge in [-0.2, -0.15) is 5.26 Å². The van der Waals surface area contributed by atoms with Gasteiger partial charge in [-0.3, -0.25) is 4.90 Å². The van der Waals surface area contributed by atoms with Gasteiger partial charge in [-0.15, -0.1) is 0 Å². The monoisotopic (exact) mass is 277 g/mol. The molecule has 0 aliphatic rings. The number of carboxylic acid groups (broad SMARTS) is 1. The maximum atomic E-state index is 12.0. The van der Waals surface area contributed by atoms with E-state index in [1.807, 2.05) is 6.07 Å². The fraction of sp³-hybridized carbons (Fsp3) is 0.308. The van der Waals surface area contributed by atoms with Crippen LogP contribution < -0.4 is 10.2 Å². The minimum Gasteiger partial charge on any atom is -0.479 e. The summed E-state index contributed by atoms with van der Waals surface area (Å²) in [4.78, 5) is 23.8. The van der Waals surface area contributed by atoms with E-state index in [-0.39, 0.29) is 13.0 Å². The molecule has 0 spiro atoms. The highest BCUT2D eigenvalue weighted by Gasteiger charge is 2.18. The molecule has 0 saturated heterocycles. The summed E-state index contributed by atoms with van der Waals surface area (Å²) in [6.07, 6.45) is -1.52. The normalized spacial score (nSPS) is 11.2. The van der Waals surface area contributed by atoms with Crippen molar-refractivity contribution in [3.8, 4) is 6.07 Å².